The lowest BCUT2D eigenvalue weighted by Gasteiger charge is -2.30. The lowest BCUT2D eigenvalue weighted by atomic mass is 10.1. The van der Waals surface area contributed by atoms with Gasteiger partial charge in [0.15, 0.2) is 0 Å². The summed E-state index contributed by atoms with van der Waals surface area (Å²) < 4.78 is 32.6. The van der Waals surface area contributed by atoms with Crippen LogP contribution < -0.4 is 9.04 Å². The molecule has 2 aromatic carbocycles. The number of aliphatic hydroxyl groups excluding tert-OH is 1. The van der Waals surface area contributed by atoms with Gasteiger partial charge in [0.25, 0.3) is 0 Å². The molecule has 0 saturated carbocycles. The summed E-state index contributed by atoms with van der Waals surface area (Å²) in [6, 6.07) is 10.9. The standard InChI is InChI=1S/C22H24Cl2N2O4S/c23-14-9-19-18(20(24)10-14)12-21(25-7-5-16(27)13-25)22(19)30-17-4-1-3-15(11-17)26-6-2-8-31(26,28)29/h1,3-4,9-11,16,21-22,27H,2,5-8,12-13H2/t16-,21+,22-/m1/s1. The summed E-state index contributed by atoms with van der Waals surface area (Å²) in [6.07, 6.45) is 1.41. The first kappa shape index (κ1) is 21.3. The van der Waals surface area contributed by atoms with Crippen LogP contribution in [0.2, 0.25) is 10.0 Å². The predicted molar refractivity (Wildman–Crippen MR) is 122 cm³/mol. The van der Waals surface area contributed by atoms with Crippen molar-refractivity contribution in [2.24, 2.45) is 0 Å². The van der Waals surface area contributed by atoms with Gasteiger partial charge < -0.3 is 9.84 Å². The molecule has 2 aromatic rings. The van der Waals surface area contributed by atoms with E-state index in [0.717, 1.165) is 24.1 Å². The van der Waals surface area contributed by atoms with Gasteiger partial charge in [0, 0.05) is 41.3 Å². The van der Waals surface area contributed by atoms with Gasteiger partial charge in [-0.3, -0.25) is 9.21 Å². The van der Waals surface area contributed by atoms with E-state index in [9.17, 15) is 13.5 Å². The summed E-state index contributed by atoms with van der Waals surface area (Å²) in [5.41, 5.74) is 2.58. The maximum absolute atomic E-state index is 12.3. The van der Waals surface area contributed by atoms with Crippen molar-refractivity contribution in [3.63, 3.8) is 0 Å². The van der Waals surface area contributed by atoms with Crippen LogP contribution in [-0.4, -0.2) is 56.0 Å². The molecule has 2 fully saturated rings. The molecular weight excluding hydrogens is 459 g/mol. The van der Waals surface area contributed by atoms with E-state index in [2.05, 4.69) is 4.90 Å². The number of ether oxygens (including phenoxy) is 1. The molecule has 1 N–H and O–H groups in total. The Balaban J connectivity index is 1.48. The number of hydrogen-bond acceptors (Lipinski definition) is 5. The third-order valence-electron chi connectivity index (χ3n) is 6.40. The van der Waals surface area contributed by atoms with Crippen LogP contribution in [0.25, 0.3) is 0 Å². The maximum Gasteiger partial charge on any atom is 0.235 e. The van der Waals surface area contributed by atoms with Gasteiger partial charge in [-0.05, 0) is 49.1 Å². The number of nitrogens with zero attached hydrogens (tertiary/aromatic N) is 2. The molecule has 6 nitrogen and oxygen atoms in total. The van der Waals surface area contributed by atoms with E-state index >= 15 is 0 Å². The molecule has 0 radical (unpaired) electrons. The van der Waals surface area contributed by atoms with E-state index in [1.165, 1.54) is 4.31 Å². The number of aliphatic hydroxyl groups is 1. The first-order valence-electron chi connectivity index (χ1n) is 10.5. The minimum absolute atomic E-state index is 0.0160. The van der Waals surface area contributed by atoms with Crippen molar-refractivity contribution in [1.82, 2.24) is 4.90 Å². The molecule has 166 valence electrons. The highest BCUT2D eigenvalue weighted by molar-refractivity contribution is 7.93. The number of fused-ring (bicyclic) bond motifs is 1. The van der Waals surface area contributed by atoms with Gasteiger partial charge in [0.1, 0.15) is 11.9 Å². The van der Waals surface area contributed by atoms with Crippen molar-refractivity contribution in [1.29, 1.82) is 0 Å². The van der Waals surface area contributed by atoms with Gasteiger partial charge in [-0.2, -0.15) is 0 Å². The van der Waals surface area contributed by atoms with E-state index in [0.29, 0.717) is 47.4 Å². The minimum atomic E-state index is -3.27. The van der Waals surface area contributed by atoms with Crippen molar-refractivity contribution in [3.05, 3.63) is 57.6 Å². The summed E-state index contributed by atoms with van der Waals surface area (Å²) in [6.45, 7) is 1.87. The fourth-order valence-electron chi connectivity index (χ4n) is 4.94. The van der Waals surface area contributed by atoms with E-state index in [4.69, 9.17) is 27.9 Å². The lowest BCUT2D eigenvalue weighted by molar-refractivity contribution is 0.0819. The van der Waals surface area contributed by atoms with E-state index < -0.39 is 10.0 Å². The largest absolute Gasteiger partial charge is 0.484 e. The SMILES string of the molecule is O=S1(=O)CCCN1c1cccc(O[C@@H]2c3cc(Cl)cc(Cl)c3C[C@@H]2N2CC[C@@H](O)C2)c1. The number of sulfonamides is 1. The second-order valence-corrected chi connectivity index (χ2v) is 11.3. The number of hydrogen-bond donors (Lipinski definition) is 1. The van der Waals surface area contributed by atoms with E-state index in [1.54, 1.807) is 18.2 Å². The maximum atomic E-state index is 12.3. The molecule has 9 heteroatoms. The van der Waals surface area contributed by atoms with Gasteiger partial charge in [-0.15, -0.1) is 0 Å². The predicted octanol–water partition coefficient (Wildman–Crippen LogP) is 3.64. The van der Waals surface area contributed by atoms with Crippen LogP contribution in [0.4, 0.5) is 5.69 Å². The van der Waals surface area contributed by atoms with Gasteiger partial charge >= 0.3 is 0 Å². The fraction of sp³-hybridized carbons (Fsp3) is 0.455. The van der Waals surface area contributed by atoms with Crippen molar-refractivity contribution in [3.8, 4) is 5.75 Å². The number of benzene rings is 2. The third kappa shape index (κ3) is 4.02. The van der Waals surface area contributed by atoms with Crippen LogP contribution in [0.3, 0.4) is 0 Å². The number of anilines is 1. The Kier molecular flexibility index (Phi) is 5.59. The van der Waals surface area contributed by atoms with E-state index in [1.807, 2.05) is 18.2 Å². The summed E-state index contributed by atoms with van der Waals surface area (Å²) in [5.74, 6) is 0.767. The molecular formula is C22H24Cl2N2O4S. The monoisotopic (exact) mass is 482 g/mol. The number of β-amino-alcohol motifs (C(OH)–C–C–N with tert-alkyl or cyclic N) is 1. The molecule has 0 aromatic heterocycles. The van der Waals surface area contributed by atoms with Crippen LogP contribution in [0.5, 0.6) is 5.75 Å². The summed E-state index contributed by atoms with van der Waals surface area (Å²) in [5, 5.41) is 11.2. The topological polar surface area (TPSA) is 70.1 Å². The quantitative estimate of drug-likeness (QED) is 0.719. The summed E-state index contributed by atoms with van der Waals surface area (Å²) in [4.78, 5) is 2.24. The molecule has 2 saturated heterocycles. The Bertz CT molecular complexity index is 1110. The molecule has 1 aliphatic carbocycles. The Morgan fingerprint density at radius 3 is 2.68 bits per heavy atom. The lowest BCUT2D eigenvalue weighted by Crippen LogP contribution is -2.39. The first-order valence-corrected chi connectivity index (χ1v) is 12.9. The highest BCUT2D eigenvalue weighted by atomic mass is 35.5. The molecule has 2 heterocycles. The molecule has 3 aliphatic rings. The molecule has 3 atom stereocenters. The summed E-state index contributed by atoms with van der Waals surface area (Å²) in [7, 11) is -3.27. The van der Waals surface area contributed by atoms with Crippen LogP contribution in [0.1, 0.15) is 30.1 Å². The molecule has 31 heavy (non-hydrogen) atoms. The fourth-order valence-corrected chi connectivity index (χ4v) is 7.08. The number of rotatable bonds is 4. The van der Waals surface area contributed by atoms with E-state index in [-0.39, 0.29) is 24.0 Å². The van der Waals surface area contributed by atoms with Gasteiger partial charge in [0.2, 0.25) is 10.0 Å². The molecule has 0 spiro atoms. The molecule has 0 bridgehead atoms. The Morgan fingerprint density at radius 2 is 1.97 bits per heavy atom. The average molecular weight is 483 g/mol. The zero-order valence-electron chi connectivity index (χ0n) is 16.9. The number of halogens is 2. The smallest absolute Gasteiger partial charge is 0.235 e. The third-order valence-corrected chi connectivity index (χ3v) is 8.82. The molecule has 5 rings (SSSR count). The Labute approximate surface area is 192 Å². The van der Waals surface area contributed by atoms with Gasteiger partial charge in [-0.25, -0.2) is 8.42 Å². The molecule has 2 aliphatic heterocycles. The Hall–Kier alpha value is -1.51. The second kappa shape index (κ2) is 8.12. The normalized spacial score (nSPS) is 27.6. The van der Waals surface area contributed by atoms with Crippen molar-refractivity contribution >= 4 is 38.9 Å². The number of likely N-dealkylation sites (tertiary alicyclic amines) is 1. The zero-order chi connectivity index (χ0) is 21.8. The second-order valence-electron chi connectivity index (χ2n) is 8.44. The average Bonchev–Trinajstić information content (AvgIpc) is 3.39. The van der Waals surface area contributed by atoms with Gasteiger partial charge in [0.05, 0.1) is 23.6 Å². The van der Waals surface area contributed by atoms with Crippen LogP contribution >= 0.6 is 23.2 Å². The van der Waals surface area contributed by atoms with Crippen LogP contribution in [-0.2, 0) is 16.4 Å². The highest BCUT2D eigenvalue weighted by Gasteiger charge is 2.41. The minimum Gasteiger partial charge on any atom is -0.484 e. The highest BCUT2D eigenvalue weighted by Crippen LogP contribution is 2.43. The summed E-state index contributed by atoms with van der Waals surface area (Å²) >= 11 is 12.8. The van der Waals surface area contributed by atoms with Gasteiger partial charge in [-0.1, -0.05) is 29.3 Å². The zero-order valence-corrected chi connectivity index (χ0v) is 19.2. The van der Waals surface area contributed by atoms with Crippen molar-refractivity contribution < 1.29 is 18.3 Å². The van der Waals surface area contributed by atoms with Crippen LogP contribution in [0.15, 0.2) is 36.4 Å². The first-order chi connectivity index (χ1) is 14.8. The molecule has 0 amide bonds. The Morgan fingerprint density at radius 1 is 1.13 bits per heavy atom. The van der Waals surface area contributed by atoms with Crippen molar-refractivity contribution in [2.45, 2.75) is 37.5 Å². The molecule has 0 unspecified atom stereocenters. The van der Waals surface area contributed by atoms with Crippen LogP contribution in [0, 0.1) is 0 Å². The van der Waals surface area contributed by atoms with Crippen molar-refractivity contribution in [2.75, 3.05) is 29.7 Å².